The first-order chi connectivity index (χ1) is 4.58. The number of aromatic amines is 1. The van der Waals surface area contributed by atoms with E-state index in [1.54, 1.807) is 0 Å². The molecule has 3 heteroatoms. The van der Waals surface area contributed by atoms with Gasteiger partial charge in [-0.15, -0.1) is 0 Å². The van der Waals surface area contributed by atoms with Crippen molar-refractivity contribution in [1.82, 2.24) is 9.96 Å². The summed E-state index contributed by atoms with van der Waals surface area (Å²) in [5, 5.41) is 4.12. The van der Waals surface area contributed by atoms with Gasteiger partial charge >= 0.3 is 0 Å². The van der Waals surface area contributed by atoms with Crippen LogP contribution in [0.25, 0.3) is 0 Å². The second-order valence-electron chi connectivity index (χ2n) is 3.70. The molecule has 1 aromatic rings. The number of nitrogens with zero attached hydrogens (tertiary/aromatic N) is 1. The summed E-state index contributed by atoms with van der Waals surface area (Å²) in [7, 11) is 1.12. The molecule has 10 heavy (non-hydrogen) atoms. The molecule has 2 nitrogen and oxygen atoms in total. The van der Waals surface area contributed by atoms with Crippen LogP contribution in [0.15, 0.2) is 5.80 Å². The van der Waals surface area contributed by atoms with Crippen LogP contribution >= 0.6 is 8.35 Å². The van der Waals surface area contributed by atoms with Gasteiger partial charge in [0.05, 0.1) is 5.69 Å². The Morgan fingerprint density at radius 2 is 2.30 bits per heavy atom. The van der Waals surface area contributed by atoms with E-state index < -0.39 is 0 Å². The highest BCUT2D eigenvalue weighted by molar-refractivity contribution is 7.24. The van der Waals surface area contributed by atoms with Crippen LogP contribution in [0.5, 0.6) is 0 Å². The molecule has 0 atom stereocenters. The molecule has 0 unspecified atom stereocenters. The van der Waals surface area contributed by atoms with Crippen molar-refractivity contribution in [2.24, 2.45) is 5.41 Å². The standard InChI is InChI=1S/C7H13N2P/c1-7(2,3)4-6-5-10-9-8-6/h5H,4H2,1-3H3,(H,8,9). The van der Waals surface area contributed by atoms with Crippen LogP contribution < -0.4 is 0 Å². The lowest BCUT2D eigenvalue weighted by molar-refractivity contribution is 0.406. The van der Waals surface area contributed by atoms with Gasteiger partial charge in [0.1, 0.15) is 0 Å². The van der Waals surface area contributed by atoms with Crippen molar-refractivity contribution in [1.29, 1.82) is 0 Å². The van der Waals surface area contributed by atoms with Gasteiger partial charge in [-0.05, 0) is 11.8 Å². The number of hydrogen-bond acceptors (Lipinski definition) is 1. The van der Waals surface area contributed by atoms with Crippen molar-refractivity contribution in [2.75, 3.05) is 0 Å². The lowest BCUT2D eigenvalue weighted by Gasteiger charge is -2.15. The summed E-state index contributed by atoms with van der Waals surface area (Å²) in [6.07, 6.45) is 1.06. The van der Waals surface area contributed by atoms with Gasteiger partial charge in [-0.2, -0.15) is 5.10 Å². The molecule has 1 heterocycles. The number of aromatic nitrogens is 2. The average Bonchev–Trinajstić information content (AvgIpc) is 2.12. The summed E-state index contributed by atoms with van der Waals surface area (Å²) in [5.74, 6) is 2.12. The van der Waals surface area contributed by atoms with E-state index in [2.05, 4.69) is 36.5 Å². The molecule has 0 saturated carbocycles. The third-order valence-corrected chi connectivity index (χ3v) is 1.82. The molecular weight excluding hydrogens is 143 g/mol. The second kappa shape index (κ2) is 2.71. The van der Waals surface area contributed by atoms with Crippen LogP contribution in [0.1, 0.15) is 26.5 Å². The zero-order valence-corrected chi connectivity index (χ0v) is 7.57. The molecule has 0 aromatic carbocycles. The van der Waals surface area contributed by atoms with Crippen molar-refractivity contribution in [3.63, 3.8) is 0 Å². The first kappa shape index (κ1) is 7.74. The highest BCUT2D eigenvalue weighted by atomic mass is 31.0. The molecule has 0 saturated heterocycles. The van der Waals surface area contributed by atoms with E-state index >= 15 is 0 Å². The lowest BCUT2D eigenvalue weighted by atomic mass is 9.91. The number of H-pyrrole nitrogens is 1. The zero-order valence-electron chi connectivity index (χ0n) is 6.68. The topological polar surface area (TPSA) is 28.7 Å². The molecule has 56 valence electrons. The quantitative estimate of drug-likeness (QED) is 0.665. The van der Waals surface area contributed by atoms with E-state index in [-0.39, 0.29) is 0 Å². The summed E-state index contributed by atoms with van der Waals surface area (Å²) < 4.78 is 0. The van der Waals surface area contributed by atoms with Gasteiger partial charge in [-0.3, -0.25) is 4.86 Å². The van der Waals surface area contributed by atoms with E-state index in [1.165, 1.54) is 5.69 Å². The van der Waals surface area contributed by atoms with Gasteiger partial charge in [-0.1, -0.05) is 20.8 Å². The first-order valence-corrected chi connectivity index (χ1v) is 4.39. The predicted molar refractivity (Wildman–Crippen MR) is 44.3 cm³/mol. The molecular formula is C7H13N2P. The van der Waals surface area contributed by atoms with Crippen LogP contribution in [0.3, 0.4) is 0 Å². The van der Waals surface area contributed by atoms with Gasteiger partial charge in [0.2, 0.25) is 0 Å². The molecule has 0 aliphatic carbocycles. The highest BCUT2D eigenvalue weighted by Gasteiger charge is 2.11. The van der Waals surface area contributed by atoms with Crippen LogP contribution in [-0.4, -0.2) is 9.96 Å². The zero-order chi connectivity index (χ0) is 7.61. The monoisotopic (exact) mass is 156 g/mol. The third kappa shape index (κ3) is 2.49. The molecule has 1 rings (SSSR count). The number of hydrogen-bond donors (Lipinski definition) is 1. The molecule has 0 radical (unpaired) electrons. The Morgan fingerprint density at radius 1 is 1.60 bits per heavy atom. The highest BCUT2D eigenvalue weighted by Crippen LogP contribution is 2.19. The Kier molecular flexibility index (Phi) is 2.10. The van der Waals surface area contributed by atoms with Gasteiger partial charge in [0.25, 0.3) is 0 Å². The smallest absolute Gasteiger partial charge is 0.0675 e. The van der Waals surface area contributed by atoms with Crippen LogP contribution in [0.2, 0.25) is 0 Å². The SMILES string of the molecule is CC(C)(C)Cc1cp[nH]n1. The summed E-state index contributed by atoms with van der Waals surface area (Å²) >= 11 is 0. The molecule has 0 fully saturated rings. The van der Waals surface area contributed by atoms with Gasteiger partial charge in [-0.25, -0.2) is 0 Å². The summed E-state index contributed by atoms with van der Waals surface area (Å²) in [6, 6.07) is 0. The van der Waals surface area contributed by atoms with Gasteiger partial charge in [0.15, 0.2) is 0 Å². The molecule has 1 N–H and O–H groups in total. The minimum absolute atomic E-state index is 0.358. The fourth-order valence-electron chi connectivity index (χ4n) is 0.854. The molecule has 0 aliphatic rings. The van der Waals surface area contributed by atoms with Crippen molar-refractivity contribution in [3.05, 3.63) is 11.5 Å². The number of rotatable bonds is 1. The van der Waals surface area contributed by atoms with Crippen LogP contribution in [0.4, 0.5) is 0 Å². The van der Waals surface area contributed by atoms with Gasteiger partial charge < -0.3 is 0 Å². The Labute approximate surface area is 63.2 Å². The fourth-order valence-corrected chi connectivity index (χ4v) is 1.40. The summed E-state index contributed by atoms with van der Waals surface area (Å²) in [4.78, 5) is 2.90. The minimum atomic E-state index is 0.358. The molecule has 0 aliphatic heterocycles. The summed E-state index contributed by atoms with van der Waals surface area (Å²) in [6.45, 7) is 6.66. The van der Waals surface area contributed by atoms with Crippen molar-refractivity contribution >= 4 is 8.35 Å². The molecule has 0 amide bonds. The van der Waals surface area contributed by atoms with Crippen molar-refractivity contribution in [2.45, 2.75) is 27.2 Å². The Balaban J connectivity index is 2.57. The maximum Gasteiger partial charge on any atom is 0.0675 e. The first-order valence-electron chi connectivity index (χ1n) is 3.42. The Bertz CT molecular complexity index is 186. The van der Waals surface area contributed by atoms with Crippen molar-refractivity contribution in [3.8, 4) is 0 Å². The number of nitrogens with one attached hydrogen (secondary N) is 1. The summed E-state index contributed by atoms with van der Waals surface area (Å²) in [5.41, 5.74) is 1.55. The predicted octanol–water partition coefficient (Wildman–Crippen LogP) is 2.58. The maximum absolute atomic E-state index is 4.12. The molecule has 0 bridgehead atoms. The van der Waals surface area contributed by atoms with E-state index in [4.69, 9.17) is 0 Å². The fraction of sp³-hybridized carbons (Fsp3) is 0.714. The maximum atomic E-state index is 4.12. The molecule has 1 aromatic heterocycles. The van der Waals surface area contributed by atoms with E-state index in [0.717, 1.165) is 14.8 Å². The minimum Gasteiger partial charge on any atom is -0.260 e. The Morgan fingerprint density at radius 3 is 2.70 bits per heavy atom. The average molecular weight is 156 g/mol. The van der Waals surface area contributed by atoms with E-state index in [0.29, 0.717) is 5.41 Å². The lowest BCUT2D eigenvalue weighted by Crippen LogP contribution is -2.09. The second-order valence-corrected chi connectivity index (χ2v) is 4.42. The van der Waals surface area contributed by atoms with Crippen LogP contribution in [-0.2, 0) is 6.42 Å². The van der Waals surface area contributed by atoms with Crippen LogP contribution in [0, 0.1) is 5.41 Å². The normalized spacial score (nSPS) is 12.7. The van der Waals surface area contributed by atoms with Crippen molar-refractivity contribution < 1.29 is 0 Å². The van der Waals surface area contributed by atoms with Gasteiger partial charge in [0, 0.05) is 14.1 Å². The largest absolute Gasteiger partial charge is 0.260 e. The Hall–Kier alpha value is -0.360. The van der Waals surface area contributed by atoms with E-state index in [9.17, 15) is 0 Å². The third-order valence-electron chi connectivity index (χ3n) is 1.18. The molecule has 0 spiro atoms. The van der Waals surface area contributed by atoms with E-state index in [1.807, 2.05) is 0 Å².